The molecule has 2 rings (SSSR count). The maximum atomic E-state index is 11.1. The molecule has 0 atom stereocenters. The molecule has 0 unspecified atom stereocenters. The minimum Gasteiger partial charge on any atom is -0.477 e. The second-order valence-corrected chi connectivity index (χ2v) is 5.20. The number of hydrogen-bond donors (Lipinski definition) is 1. The summed E-state index contributed by atoms with van der Waals surface area (Å²) in [5.74, 6) is -0.595. The van der Waals surface area contributed by atoms with Crippen molar-refractivity contribution in [3.8, 4) is 0 Å². The molecule has 1 aromatic carbocycles. The van der Waals surface area contributed by atoms with Crippen LogP contribution in [0.1, 0.15) is 15.9 Å². The minimum absolute atomic E-state index is 0.0643. The maximum absolute atomic E-state index is 11.1. The highest BCUT2D eigenvalue weighted by atomic mass is 35.5. The highest BCUT2D eigenvalue weighted by Crippen LogP contribution is 2.29. The van der Waals surface area contributed by atoms with E-state index in [1.165, 1.54) is 11.8 Å². The lowest BCUT2D eigenvalue weighted by Gasteiger charge is -2.06. The number of aromatic carboxylic acids is 1. The Hall–Kier alpha value is -1.30. The summed E-state index contributed by atoms with van der Waals surface area (Å²) >= 11 is 12.7. The van der Waals surface area contributed by atoms with Gasteiger partial charge in [0.05, 0.1) is 0 Å². The zero-order chi connectivity index (χ0) is 13.8. The molecule has 0 amide bonds. The van der Waals surface area contributed by atoms with Gasteiger partial charge < -0.3 is 5.11 Å². The lowest BCUT2D eigenvalue weighted by molar-refractivity contribution is 0.0692. The topological polar surface area (TPSA) is 63.1 Å². The first kappa shape index (κ1) is 14.1. The van der Waals surface area contributed by atoms with Crippen molar-refractivity contribution < 1.29 is 9.90 Å². The highest BCUT2D eigenvalue weighted by Gasteiger charge is 2.19. The van der Waals surface area contributed by atoms with Crippen LogP contribution in [0.25, 0.3) is 0 Å². The summed E-state index contributed by atoms with van der Waals surface area (Å²) in [6.07, 6.45) is 0. The number of halogens is 2. The predicted octanol–water partition coefficient (Wildman–Crippen LogP) is 3.77. The van der Waals surface area contributed by atoms with Crippen LogP contribution < -0.4 is 0 Å². The molecule has 0 fully saturated rings. The Labute approximate surface area is 123 Å². The van der Waals surface area contributed by atoms with Crippen molar-refractivity contribution in [2.24, 2.45) is 0 Å². The first-order valence-electron chi connectivity index (χ1n) is 5.21. The van der Waals surface area contributed by atoms with Gasteiger partial charge in [-0.25, -0.2) is 14.8 Å². The molecule has 1 heterocycles. The van der Waals surface area contributed by atoms with E-state index in [1.807, 2.05) is 30.3 Å². The molecular weight excluding hydrogens is 307 g/mol. The van der Waals surface area contributed by atoms with Crippen molar-refractivity contribution in [1.29, 1.82) is 0 Å². The predicted molar refractivity (Wildman–Crippen MR) is 75.0 cm³/mol. The van der Waals surface area contributed by atoms with Crippen LogP contribution in [0.2, 0.25) is 10.4 Å². The summed E-state index contributed by atoms with van der Waals surface area (Å²) < 4.78 is 0. The molecular formula is C12H8Cl2N2O2S. The molecule has 0 saturated heterocycles. The van der Waals surface area contributed by atoms with Gasteiger partial charge in [-0.3, -0.25) is 0 Å². The quantitative estimate of drug-likeness (QED) is 0.528. The van der Waals surface area contributed by atoms with Crippen molar-refractivity contribution in [3.05, 3.63) is 51.9 Å². The third kappa shape index (κ3) is 3.59. The lowest BCUT2D eigenvalue weighted by Crippen LogP contribution is -2.04. The van der Waals surface area contributed by atoms with Crippen molar-refractivity contribution in [2.75, 3.05) is 0 Å². The zero-order valence-electron chi connectivity index (χ0n) is 9.51. The molecule has 19 heavy (non-hydrogen) atoms. The zero-order valence-corrected chi connectivity index (χ0v) is 11.8. The van der Waals surface area contributed by atoms with Gasteiger partial charge in [-0.15, -0.1) is 11.8 Å². The smallest absolute Gasteiger partial charge is 0.341 e. The molecule has 0 aliphatic rings. The van der Waals surface area contributed by atoms with Crippen LogP contribution in [0.5, 0.6) is 0 Å². The fourth-order valence-corrected chi connectivity index (χ4v) is 2.94. The number of rotatable bonds is 4. The summed E-state index contributed by atoms with van der Waals surface area (Å²) in [5, 5.41) is 9.16. The fourth-order valence-electron chi connectivity index (χ4n) is 1.40. The molecule has 1 N–H and O–H groups in total. The van der Waals surface area contributed by atoms with E-state index < -0.39 is 5.97 Å². The molecule has 0 bridgehead atoms. The minimum atomic E-state index is -1.17. The Bertz CT molecular complexity index is 608. The number of hydrogen-bond acceptors (Lipinski definition) is 4. The first-order valence-corrected chi connectivity index (χ1v) is 6.95. The van der Waals surface area contributed by atoms with Crippen LogP contribution in [0.3, 0.4) is 0 Å². The number of nitrogens with zero attached hydrogens (tertiary/aromatic N) is 2. The van der Waals surface area contributed by atoms with E-state index in [1.54, 1.807) is 0 Å². The summed E-state index contributed by atoms with van der Waals surface area (Å²) in [6.45, 7) is 0. The Morgan fingerprint density at radius 1 is 1.21 bits per heavy atom. The van der Waals surface area contributed by atoms with E-state index in [-0.39, 0.29) is 21.0 Å². The van der Waals surface area contributed by atoms with Crippen LogP contribution in [-0.4, -0.2) is 21.0 Å². The van der Waals surface area contributed by atoms with Crippen LogP contribution in [-0.2, 0) is 5.75 Å². The van der Waals surface area contributed by atoms with Gasteiger partial charge in [-0.2, -0.15) is 0 Å². The van der Waals surface area contributed by atoms with Gasteiger partial charge in [0.2, 0.25) is 5.28 Å². The van der Waals surface area contributed by atoms with Gasteiger partial charge in [0.1, 0.15) is 15.7 Å². The molecule has 98 valence electrons. The van der Waals surface area contributed by atoms with Crippen LogP contribution in [0.4, 0.5) is 0 Å². The van der Waals surface area contributed by atoms with Gasteiger partial charge in [0.15, 0.2) is 0 Å². The van der Waals surface area contributed by atoms with Gasteiger partial charge >= 0.3 is 5.97 Å². The molecule has 0 aliphatic carbocycles. The Balaban J connectivity index is 2.27. The Morgan fingerprint density at radius 2 is 1.89 bits per heavy atom. The summed E-state index contributed by atoms with van der Waals surface area (Å²) in [5.41, 5.74) is 0.932. The number of carbonyl (C=O) groups is 1. The summed E-state index contributed by atoms with van der Waals surface area (Å²) in [7, 11) is 0. The van der Waals surface area contributed by atoms with Gasteiger partial charge in [-0.1, -0.05) is 41.9 Å². The number of thioether (sulfide) groups is 1. The van der Waals surface area contributed by atoms with Crippen molar-refractivity contribution >= 4 is 40.9 Å². The van der Waals surface area contributed by atoms with E-state index in [2.05, 4.69) is 9.97 Å². The number of carboxylic acid groups (broad SMARTS) is 1. The second-order valence-electron chi connectivity index (χ2n) is 3.54. The van der Waals surface area contributed by atoms with Crippen molar-refractivity contribution in [1.82, 2.24) is 9.97 Å². The molecule has 2 aromatic rings. The van der Waals surface area contributed by atoms with Crippen LogP contribution in [0, 0.1) is 0 Å². The van der Waals surface area contributed by atoms with Gasteiger partial charge in [-0.05, 0) is 17.2 Å². The third-order valence-electron chi connectivity index (χ3n) is 2.24. The number of aromatic nitrogens is 2. The molecule has 0 aliphatic heterocycles. The molecule has 0 radical (unpaired) electrons. The van der Waals surface area contributed by atoms with E-state index >= 15 is 0 Å². The fraction of sp³-hybridized carbons (Fsp3) is 0.0833. The summed E-state index contributed by atoms with van der Waals surface area (Å²) in [6, 6.07) is 9.62. The van der Waals surface area contributed by atoms with Crippen molar-refractivity contribution in [2.45, 2.75) is 10.8 Å². The summed E-state index contributed by atoms with van der Waals surface area (Å²) in [4.78, 5) is 18.7. The van der Waals surface area contributed by atoms with E-state index in [0.29, 0.717) is 5.75 Å². The second kappa shape index (κ2) is 6.23. The molecule has 0 spiro atoms. The molecule has 0 saturated carbocycles. The Kier molecular flexibility index (Phi) is 4.63. The lowest BCUT2D eigenvalue weighted by atomic mass is 10.2. The maximum Gasteiger partial charge on any atom is 0.341 e. The first-order chi connectivity index (χ1) is 9.08. The SMILES string of the molecule is O=C(O)c1c(Cl)nc(Cl)nc1SCc1ccccc1. The van der Waals surface area contributed by atoms with Gasteiger partial charge in [0.25, 0.3) is 0 Å². The van der Waals surface area contributed by atoms with E-state index in [0.717, 1.165) is 5.56 Å². The molecule has 1 aromatic heterocycles. The average molecular weight is 315 g/mol. The Morgan fingerprint density at radius 3 is 2.53 bits per heavy atom. The van der Waals surface area contributed by atoms with E-state index in [4.69, 9.17) is 28.3 Å². The monoisotopic (exact) mass is 314 g/mol. The number of carboxylic acids is 1. The van der Waals surface area contributed by atoms with Gasteiger partial charge in [0, 0.05) is 5.75 Å². The van der Waals surface area contributed by atoms with Crippen LogP contribution >= 0.6 is 35.0 Å². The third-order valence-corrected chi connectivity index (χ3v) is 3.73. The molecule has 7 heteroatoms. The average Bonchev–Trinajstić information content (AvgIpc) is 2.36. The van der Waals surface area contributed by atoms with E-state index in [9.17, 15) is 4.79 Å². The largest absolute Gasteiger partial charge is 0.477 e. The highest BCUT2D eigenvalue weighted by molar-refractivity contribution is 7.98. The standard InChI is InChI=1S/C12H8Cl2N2O2S/c13-9-8(11(17)18)10(16-12(14)15-9)19-6-7-4-2-1-3-5-7/h1-5H,6H2,(H,17,18). The van der Waals surface area contributed by atoms with Crippen molar-refractivity contribution in [3.63, 3.8) is 0 Å². The number of benzene rings is 1. The molecule has 4 nitrogen and oxygen atoms in total. The normalized spacial score (nSPS) is 10.4. The van der Waals surface area contributed by atoms with Crippen LogP contribution in [0.15, 0.2) is 35.4 Å².